The van der Waals surface area contributed by atoms with Crippen LogP contribution in [0.3, 0.4) is 0 Å². The zero-order valence-electron chi connectivity index (χ0n) is 12.8. The van der Waals surface area contributed by atoms with Gasteiger partial charge < -0.3 is 9.84 Å². The Hall–Kier alpha value is -3.17. The molecule has 10 heteroatoms. The van der Waals surface area contributed by atoms with Gasteiger partial charge in [-0.05, 0) is 25.5 Å². The van der Waals surface area contributed by atoms with Crippen molar-refractivity contribution in [1.82, 2.24) is 15.0 Å². The normalized spacial score (nSPS) is 11.8. The topological polar surface area (TPSA) is 128 Å². The summed E-state index contributed by atoms with van der Waals surface area (Å²) in [6.07, 6.45) is 0.996. The van der Waals surface area contributed by atoms with E-state index >= 15 is 0 Å². The monoisotopic (exact) mass is 336 g/mol. The highest BCUT2D eigenvalue weighted by atomic mass is 19.1. The molecule has 1 N–H and O–H groups in total. The fraction of sp³-hybridized carbons (Fsp3) is 0.286. The number of aromatic nitrogens is 3. The minimum absolute atomic E-state index is 0.0326. The number of ether oxygens (including phenoxy) is 1. The van der Waals surface area contributed by atoms with Gasteiger partial charge in [-0.15, -0.1) is 0 Å². The van der Waals surface area contributed by atoms with Crippen molar-refractivity contribution in [1.29, 1.82) is 0 Å². The van der Waals surface area contributed by atoms with Crippen LogP contribution >= 0.6 is 0 Å². The van der Waals surface area contributed by atoms with Crippen LogP contribution in [0.5, 0.6) is 6.01 Å². The maximum absolute atomic E-state index is 13.0. The molecule has 0 aliphatic heterocycles. The molecule has 0 aromatic carbocycles. The van der Waals surface area contributed by atoms with Crippen LogP contribution in [0.15, 0.2) is 18.3 Å². The Kier molecular flexibility index (Phi) is 4.97. The third kappa shape index (κ3) is 3.42. The summed E-state index contributed by atoms with van der Waals surface area (Å²) in [5.74, 6) is -3.71. The molecule has 0 saturated heterocycles. The first-order valence-electron chi connectivity index (χ1n) is 6.85. The van der Waals surface area contributed by atoms with Crippen LogP contribution in [0.4, 0.5) is 10.1 Å². The largest absolute Gasteiger partial charge is 0.480 e. The zero-order chi connectivity index (χ0) is 17.9. The van der Waals surface area contributed by atoms with Crippen molar-refractivity contribution in [3.63, 3.8) is 0 Å². The predicted molar refractivity (Wildman–Crippen MR) is 78.3 cm³/mol. The average molecular weight is 336 g/mol. The molecule has 0 aliphatic rings. The highest BCUT2D eigenvalue weighted by molar-refractivity contribution is 5.81. The summed E-state index contributed by atoms with van der Waals surface area (Å²) in [5.41, 5.74) is -0.866. The number of carboxylic acids is 1. The molecule has 0 amide bonds. The van der Waals surface area contributed by atoms with Gasteiger partial charge >= 0.3 is 17.7 Å². The minimum Gasteiger partial charge on any atom is -0.480 e. The van der Waals surface area contributed by atoms with Crippen molar-refractivity contribution in [3.05, 3.63) is 51.3 Å². The molecule has 126 valence electrons. The van der Waals surface area contributed by atoms with E-state index in [-0.39, 0.29) is 29.6 Å². The van der Waals surface area contributed by atoms with Gasteiger partial charge in [-0.2, -0.15) is 14.4 Å². The van der Waals surface area contributed by atoms with Crippen molar-refractivity contribution < 1.29 is 24.0 Å². The maximum Gasteiger partial charge on any atom is 0.317 e. The van der Waals surface area contributed by atoms with Crippen LogP contribution in [0, 0.1) is 23.0 Å². The number of carboxylic acid groups (broad SMARTS) is 1. The smallest absolute Gasteiger partial charge is 0.317 e. The summed E-state index contributed by atoms with van der Waals surface area (Å²) in [7, 11) is 0. The number of hydrogen-bond acceptors (Lipinski definition) is 7. The number of hydrogen-bond donors (Lipinski definition) is 1. The number of nitrogens with zero attached hydrogens (tertiary/aromatic N) is 4. The molecule has 1 atom stereocenters. The minimum atomic E-state index is -1.51. The SMILES string of the molecule is CCOc1nc(C)c([N+](=O)[O-])c(C(C(=O)O)c2ccc(F)nc2)n1. The molecule has 2 rings (SSSR count). The second-order valence-electron chi connectivity index (χ2n) is 4.70. The Morgan fingerprint density at radius 3 is 2.67 bits per heavy atom. The van der Waals surface area contributed by atoms with E-state index < -0.39 is 28.4 Å². The number of nitro groups is 1. The van der Waals surface area contributed by atoms with Gasteiger partial charge in [0.05, 0.1) is 11.5 Å². The molecular formula is C14H13FN4O5. The quantitative estimate of drug-likeness (QED) is 0.480. The first-order chi connectivity index (χ1) is 11.3. The standard InChI is InChI=1S/C14H13FN4O5/c1-3-24-14-17-7(2)12(19(22)23)11(18-14)10(13(20)21)8-4-5-9(15)16-6-8/h4-6,10H,3H2,1-2H3,(H,20,21). The van der Waals surface area contributed by atoms with Crippen molar-refractivity contribution in [3.8, 4) is 6.01 Å². The fourth-order valence-electron chi connectivity index (χ4n) is 2.16. The lowest BCUT2D eigenvalue weighted by molar-refractivity contribution is -0.386. The molecule has 0 radical (unpaired) electrons. The van der Waals surface area contributed by atoms with E-state index in [1.165, 1.54) is 13.0 Å². The summed E-state index contributed by atoms with van der Waals surface area (Å²) in [6.45, 7) is 3.22. The molecule has 2 aromatic rings. The van der Waals surface area contributed by atoms with E-state index in [4.69, 9.17) is 4.74 Å². The Balaban J connectivity index is 2.70. The Morgan fingerprint density at radius 2 is 2.17 bits per heavy atom. The second-order valence-corrected chi connectivity index (χ2v) is 4.70. The molecule has 1 unspecified atom stereocenters. The van der Waals surface area contributed by atoms with Crippen molar-refractivity contribution in [2.24, 2.45) is 0 Å². The number of halogens is 1. The van der Waals surface area contributed by atoms with Crippen molar-refractivity contribution in [2.45, 2.75) is 19.8 Å². The van der Waals surface area contributed by atoms with Crippen LogP contribution in [0.25, 0.3) is 0 Å². The molecule has 2 aromatic heterocycles. The van der Waals surface area contributed by atoms with Crippen LogP contribution in [-0.2, 0) is 4.79 Å². The predicted octanol–water partition coefficient (Wildman–Crippen LogP) is 1.84. The van der Waals surface area contributed by atoms with Gasteiger partial charge in [0.1, 0.15) is 17.3 Å². The van der Waals surface area contributed by atoms with Gasteiger partial charge in [-0.3, -0.25) is 14.9 Å². The molecule has 0 bridgehead atoms. The highest BCUT2D eigenvalue weighted by Gasteiger charge is 2.34. The summed E-state index contributed by atoms with van der Waals surface area (Å²) in [6, 6.07) is 1.98. The summed E-state index contributed by atoms with van der Waals surface area (Å²) >= 11 is 0. The van der Waals surface area contributed by atoms with Gasteiger partial charge in [-0.1, -0.05) is 6.07 Å². The second kappa shape index (κ2) is 6.94. The Morgan fingerprint density at radius 1 is 1.46 bits per heavy atom. The van der Waals surface area contributed by atoms with Crippen molar-refractivity contribution >= 4 is 11.7 Å². The molecular weight excluding hydrogens is 323 g/mol. The maximum atomic E-state index is 13.0. The third-order valence-corrected chi connectivity index (χ3v) is 3.12. The molecule has 0 aliphatic carbocycles. The zero-order valence-corrected chi connectivity index (χ0v) is 12.8. The number of aliphatic carboxylic acids is 1. The fourth-order valence-corrected chi connectivity index (χ4v) is 2.16. The lowest BCUT2D eigenvalue weighted by Gasteiger charge is -2.14. The lowest BCUT2D eigenvalue weighted by Crippen LogP contribution is -2.18. The Bertz CT molecular complexity index is 781. The molecule has 2 heterocycles. The van der Waals surface area contributed by atoms with Crippen LogP contribution in [-0.4, -0.2) is 37.6 Å². The summed E-state index contributed by atoms with van der Waals surface area (Å²) in [4.78, 5) is 33.4. The molecule has 0 saturated carbocycles. The number of rotatable bonds is 6. The van der Waals surface area contributed by atoms with Crippen LogP contribution in [0.2, 0.25) is 0 Å². The molecule has 0 spiro atoms. The number of carbonyl (C=O) groups is 1. The number of aryl methyl sites for hydroxylation is 1. The van der Waals surface area contributed by atoms with Crippen LogP contribution < -0.4 is 4.74 Å². The van der Waals surface area contributed by atoms with E-state index in [0.29, 0.717) is 0 Å². The third-order valence-electron chi connectivity index (χ3n) is 3.12. The summed E-state index contributed by atoms with van der Waals surface area (Å²) < 4.78 is 18.1. The van der Waals surface area contributed by atoms with Crippen molar-refractivity contribution in [2.75, 3.05) is 6.61 Å². The molecule has 0 fully saturated rings. The van der Waals surface area contributed by atoms with Gasteiger partial charge in [0, 0.05) is 6.20 Å². The lowest BCUT2D eigenvalue weighted by atomic mass is 9.95. The molecule has 9 nitrogen and oxygen atoms in total. The first-order valence-corrected chi connectivity index (χ1v) is 6.85. The number of pyridine rings is 1. The Labute approximate surface area is 135 Å². The first kappa shape index (κ1) is 17.2. The average Bonchev–Trinajstić information content (AvgIpc) is 2.48. The van der Waals surface area contributed by atoms with E-state index in [9.17, 15) is 24.4 Å². The van der Waals surface area contributed by atoms with E-state index in [0.717, 1.165) is 12.3 Å². The highest BCUT2D eigenvalue weighted by Crippen LogP contribution is 2.33. The van der Waals surface area contributed by atoms with Gasteiger partial charge in [0.15, 0.2) is 0 Å². The van der Waals surface area contributed by atoms with E-state index in [2.05, 4.69) is 15.0 Å². The van der Waals surface area contributed by atoms with E-state index in [1.54, 1.807) is 6.92 Å². The van der Waals surface area contributed by atoms with Gasteiger partial charge in [0.2, 0.25) is 5.95 Å². The van der Waals surface area contributed by atoms with E-state index in [1.807, 2.05) is 0 Å². The summed E-state index contributed by atoms with van der Waals surface area (Å²) in [5, 5.41) is 20.9. The molecule has 24 heavy (non-hydrogen) atoms. The van der Waals surface area contributed by atoms with Gasteiger partial charge in [0.25, 0.3) is 0 Å². The van der Waals surface area contributed by atoms with Crippen LogP contribution in [0.1, 0.15) is 29.8 Å². The van der Waals surface area contributed by atoms with Gasteiger partial charge in [-0.25, -0.2) is 4.98 Å².